The molecule has 4 heterocycles. The van der Waals surface area contributed by atoms with Crippen LogP contribution in [0.15, 0.2) is 53.8 Å². The van der Waals surface area contributed by atoms with Crippen LogP contribution < -0.4 is 25.8 Å². The van der Waals surface area contributed by atoms with E-state index in [0.717, 1.165) is 44.1 Å². The highest BCUT2D eigenvalue weighted by atomic mass is 19.1. The summed E-state index contributed by atoms with van der Waals surface area (Å²) in [5.41, 5.74) is 1.68. The van der Waals surface area contributed by atoms with Gasteiger partial charge in [0.1, 0.15) is 29.2 Å². The van der Waals surface area contributed by atoms with Crippen molar-refractivity contribution in [1.82, 2.24) is 29.7 Å². The van der Waals surface area contributed by atoms with E-state index >= 15 is 4.39 Å². The number of aromatic amines is 1. The van der Waals surface area contributed by atoms with E-state index in [4.69, 9.17) is 4.74 Å². The maximum absolute atomic E-state index is 15.0. The molecule has 5 aromatic rings. The lowest BCUT2D eigenvalue weighted by molar-refractivity contribution is 0.413. The minimum Gasteiger partial charge on any atom is -0.495 e. The first kappa shape index (κ1) is 22.9. The maximum atomic E-state index is 15.0. The van der Waals surface area contributed by atoms with E-state index < -0.39 is 17.2 Å². The second-order valence-corrected chi connectivity index (χ2v) is 8.59. The van der Waals surface area contributed by atoms with Gasteiger partial charge < -0.3 is 25.3 Å². The van der Waals surface area contributed by atoms with E-state index in [1.54, 1.807) is 7.11 Å². The van der Waals surface area contributed by atoms with E-state index in [0.29, 0.717) is 17.1 Å². The van der Waals surface area contributed by atoms with Crippen LogP contribution in [0.5, 0.6) is 5.75 Å². The number of rotatable bonds is 5. The van der Waals surface area contributed by atoms with Gasteiger partial charge in [0.15, 0.2) is 5.82 Å². The predicted octanol–water partition coefficient (Wildman–Crippen LogP) is 3.07. The van der Waals surface area contributed by atoms with Gasteiger partial charge in [-0.25, -0.2) is 23.7 Å². The lowest BCUT2D eigenvalue weighted by atomic mass is 10.1. The average molecular weight is 505 g/mol. The van der Waals surface area contributed by atoms with Gasteiger partial charge in [0.05, 0.1) is 36.1 Å². The fourth-order valence-corrected chi connectivity index (χ4v) is 4.58. The Kier molecular flexibility index (Phi) is 5.64. The van der Waals surface area contributed by atoms with Gasteiger partial charge in [0, 0.05) is 43.5 Å². The summed E-state index contributed by atoms with van der Waals surface area (Å²) >= 11 is 0. The first-order chi connectivity index (χ1) is 18.0. The Morgan fingerprint density at radius 2 is 1.92 bits per heavy atom. The Labute approximate surface area is 209 Å². The van der Waals surface area contributed by atoms with Gasteiger partial charge in [0.2, 0.25) is 5.95 Å². The van der Waals surface area contributed by atoms with Crippen LogP contribution in [0.3, 0.4) is 0 Å². The Balaban J connectivity index is 1.37. The summed E-state index contributed by atoms with van der Waals surface area (Å²) < 4.78 is 37.0. The number of methoxy groups -OCH3 is 1. The Morgan fingerprint density at radius 3 is 2.73 bits per heavy atom. The van der Waals surface area contributed by atoms with E-state index in [2.05, 4.69) is 35.5 Å². The van der Waals surface area contributed by atoms with Crippen LogP contribution in [-0.2, 0) is 0 Å². The third kappa shape index (κ3) is 4.10. The number of ether oxygens (including phenoxy) is 1. The zero-order valence-electron chi connectivity index (χ0n) is 19.8. The van der Waals surface area contributed by atoms with Gasteiger partial charge in [0.25, 0.3) is 5.56 Å². The Bertz CT molecular complexity index is 1690. The van der Waals surface area contributed by atoms with Gasteiger partial charge in [-0.05, 0) is 24.3 Å². The number of halogens is 2. The lowest BCUT2D eigenvalue weighted by Crippen LogP contribution is -2.43. The SMILES string of the molecule is COc1cc(Nc2ncc(F)c(-c3cc(F)c4c(=O)[nH]c5cncn5c4c3)n2)ccc1N1CCNCC1. The second kappa shape index (κ2) is 9.13. The number of hydrogen-bond donors (Lipinski definition) is 3. The summed E-state index contributed by atoms with van der Waals surface area (Å²) in [4.78, 5) is 29.6. The van der Waals surface area contributed by atoms with Gasteiger partial charge in [-0.1, -0.05) is 0 Å². The Hall–Kier alpha value is -4.58. The number of anilines is 3. The first-order valence-corrected chi connectivity index (χ1v) is 11.6. The number of imidazole rings is 1. The van der Waals surface area contributed by atoms with Gasteiger partial charge in [-0.2, -0.15) is 0 Å². The molecule has 0 saturated carbocycles. The molecule has 0 spiro atoms. The molecular formula is C25H22F2N8O2. The molecule has 1 saturated heterocycles. The van der Waals surface area contributed by atoms with Crippen molar-refractivity contribution in [2.45, 2.75) is 0 Å². The van der Waals surface area contributed by atoms with Crippen molar-refractivity contribution in [3.05, 3.63) is 71.0 Å². The molecule has 0 radical (unpaired) electrons. The third-order valence-electron chi connectivity index (χ3n) is 6.35. The monoisotopic (exact) mass is 504 g/mol. The fraction of sp³-hybridized carbons (Fsp3) is 0.200. The number of H-pyrrole nitrogens is 1. The van der Waals surface area contributed by atoms with Crippen molar-refractivity contribution < 1.29 is 13.5 Å². The normalized spacial score (nSPS) is 13.9. The van der Waals surface area contributed by atoms with Crippen LogP contribution in [0.2, 0.25) is 0 Å². The van der Waals surface area contributed by atoms with Crippen molar-refractivity contribution in [2.24, 2.45) is 0 Å². The first-order valence-electron chi connectivity index (χ1n) is 11.6. The number of benzene rings is 2. The minimum atomic E-state index is -0.801. The smallest absolute Gasteiger partial charge is 0.261 e. The summed E-state index contributed by atoms with van der Waals surface area (Å²) in [5.74, 6) is -0.735. The predicted molar refractivity (Wildman–Crippen MR) is 136 cm³/mol. The summed E-state index contributed by atoms with van der Waals surface area (Å²) in [6, 6.07) is 8.22. The zero-order valence-corrected chi connectivity index (χ0v) is 19.8. The molecule has 1 aliphatic rings. The molecule has 3 aromatic heterocycles. The fourth-order valence-electron chi connectivity index (χ4n) is 4.58. The summed E-state index contributed by atoms with van der Waals surface area (Å²) in [7, 11) is 1.61. The molecule has 0 unspecified atom stereocenters. The number of piperazine rings is 1. The molecular weight excluding hydrogens is 482 g/mol. The van der Waals surface area contributed by atoms with Crippen LogP contribution in [0.1, 0.15) is 0 Å². The summed E-state index contributed by atoms with van der Waals surface area (Å²) in [5, 5.41) is 6.24. The molecule has 1 aliphatic heterocycles. The lowest BCUT2D eigenvalue weighted by Gasteiger charge is -2.30. The highest BCUT2D eigenvalue weighted by Crippen LogP contribution is 2.33. The van der Waals surface area contributed by atoms with Crippen LogP contribution in [-0.4, -0.2) is 57.6 Å². The van der Waals surface area contributed by atoms with Crippen LogP contribution >= 0.6 is 0 Å². The van der Waals surface area contributed by atoms with E-state index in [-0.39, 0.29) is 28.1 Å². The highest BCUT2D eigenvalue weighted by molar-refractivity contribution is 5.86. The van der Waals surface area contributed by atoms with Crippen molar-refractivity contribution >= 4 is 33.9 Å². The number of aromatic nitrogens is 5. The molecule has 3 N–H and O–H groups in total. The summed E-state index contributed by atoms with van der Waals surface area (Å²) in [6.45, 7) is 3.53. The second-order valence-electron chi connectivity index (χ2n) is 8.59. The molecule has 6 rings (SSSR count). The maximum Gasteiger partial charge on any atom is 0.261 e. The third-order valence-corrected chi connectivity index (χ3v) is 6.35. The van der Waals surface area contributed by atoms with E-state index in [1.807, 2.05) is 18.2 Å². The van der Waals surface area contributed by atoms with Gasteiger partial charge in [-0.3, -0.25) is 9.20 Å². The average Bonchev–Trinajstić information content (AvgIpc) is 3.38. The quantitative estimate of drug-likeness (QED) is 0.335. The van der Waals surface area contributed by atoms with Crippen LogP contribution in [0.25, 0.3) is 27.8 Å². The molecule has 0 aliphatic carbocycles. The highest BCUT2D eigenvalue weighted by Gasteiger charge is 2.18. The number of nitrogens with zero attached hydrogens (tertiary/aromatic N) is 5. The van der Waals surface area contributed by atoms with E-state index in [9.17, 15) is 9.18 Å². The molecule has 0 amide bonds. The number of fused-ring (bicyclic) bond motifs is 3. The molecule has 10 nitrogen and oxygen atoms in total. The largest absolute Gasteiger partial charge is 0.495 e. The van der Waals surface area contributed by atoms with Gasteiger partial charge >= 0.3 is 0 Å². The standard InChI is InChI=1S/C25H22F2N8O2/c1-37-20-10-15(2-3-18(20)34-6-4-28-5-7-34)31-25-30-11-17(27)23(33-25)14-8-16(26)22-19(9-14)35-13-29-12-21(35)32-24(22)36/h2-3,8-13,28H,4-7H2,1H3,(H,32,36)(H,30,31,33). The number of nitrogens with one attached hydrogen (secondary N) is 3. The summed E-state index contributed by atoms with van der Waals surface area (Å²) in [6.07, 6.45) is 3.90. The van der Waals surface area contributed by atoms with Gasteiger partial charge in [-0.15, -0.1) is 0 Å². The van der Waals surface area contributed by atoms with Crippen molar-refractivity contribution in [3.63, 3.8) is 0 Å². The van der Waals surface area contributed by atoms with Crippen LogP contribution in [0.4, 0.5) is 26.1 Å². The molecule has 1 fully saturated rings. The number of hydrogen-bond acceptors (Lipinski definition) is 8. The molecule has 0 bridgehead atoms. The van der Waals surface area contributed by atoms with Crippen molar-refractivity contribution in [3.8, 4) is 17.0 Å². The molecule has 37 heavy (non-hydrogen) atoms. The van der Waals surface area contributed by atoms with E-state index in [1.165, 1.54) is 23.0 Å². The molecule has 12 heteroatoms. The molecule has 2 aromatic carbocycles. The van der Waals surface area contributed by atoms with Crippen LogP contribution in [0, 0.1) is 11.6 Å². The molecule has 0 atom stereocenters. The van der Waals surface area contributed by atoms with Crippen molar-refractivity contribution in [1.29, 1.82) is 0 Å². The molecule has 188 valence electrons. The Morgan fingerprint density at radius 1 is 1.08 bits per heavy atom. The topological polar surface area (TPSA) is 112 Å². The minimum absolute atomic E-state index is 0.115. The zero-order chi connectivity index (χ0) is 25.5. The van der Waals surface area contributed by atoms with Crippen molar-refractivity contribution in [2.75, 3.05) is 43.5 Å².